The summed E-state index contributed by atoms with van der Waals surface area (Å²) in [6.07, 6.45) is 0. The van der Waals surface area contributed by atoms with Gasteiger partial charge < -0.3 is 19.7 Å². The zero-order valence-corrected chi connectivity index (χ0v) is 12.5. The molecule has 1 aromatic carbocycles. The van der Waals surface area contributed by atoms with Gasteiger partial charge in [-0.25, -0.2) is 0 Å². The van der Waals surface area contributed by atoms with Crippen LogP contribution in [0.3, 0.4) is 0 Å². The zero-order valence-electron chi connectivity index (χ0n) is 12.5. The SMILES string of the molecule is CC[NH+](CC)[C@H]1C[NH2+]Cc2c(OC)ccc(OC)c21. The first kappa shape index (κ1) is 14.2. The van der Waals surface area contributed by atoms with E-state index in [0.29, 0.717) is 6.04 Å². The number of nitrogens with one attached hydrogen (secondary N) is 1. The Labute approximate surface area is 115 Å². The van der Waals surface area contributed by atoms with Gasteiger partial charge in [0.05, 0.1) is 38.4 Å². The van der Waals surface area contributed by atoms with Crippen LogP contribution in [-0.4, -0.2) is 33.9 Å². The summed E-state index contributed by atoms with van der Waals surface area (Å²) < 4.78 is 11.1. The molecule has 19 heavy (non-hydrogen) atoms. The summed E-state index contributed by atoms with van der Waals surface area (Å²) in [5, 5.41) is 2.38. The van der Waals surface area contributed by atoms with Gasteiger partial charge in [0.25, 0.3) is 0 Å². The van der Waals surface area contributed by atoms with Crippen LogP contribution >= 0.6 is 0 Å². The Morgan fingerprint density at radius 1 is 1.16 bits per heavy atom. The number of fused-ring (bicyclic) bond motifs is 1. The maximum absolute atomic E-state index is 5.60. The Balaban J connectivity index is 2.51. The third-order valence-corrected chi connectivity index (χ3v) is 4.21. The van der Waals surface area contributed by atoms with Crippen molar-refractivity contribution in [3.63, 3.8) is 0 Å². The predicted octanol–water partition coefficient (Wildman–Crippen LogP) is -0.253. The summed E-state index contributed by atoms with van der Waals surface area (Å²) in [5.74, 6) is 2.00. The molecule has 1 atom stereocenters. The maximum Gasteiger partial charge on any atom is 0.167 e. The van der Waals surface area contributed by atoms with E-state index >= 15 is 0 Å². The van der Waals surface area contributed by atoms with Crippen LogP contribution in [0.1, 0.15) is 31.0 Å². The van der Waals surface area contributed by atoms with Crippen LogP contribution < -0.4 is 19.7 Å². The maximum atomic E-state index is 5.60. The smallest absolute Gasteiger partial charge is 0.167 e. The standard InChI is InChI=1S/C15H24N2O2/c1-5-17(6-2)12-10-16-9-11-13(18-3)7-8-14(19-4)15(11)12/h7-8,12,16H,5-6,9-10H2,1-4H3/p+2/t12-/m0/s1. The second kappa shape index (κ2) is 6.26. The molecule has 4 heteroatoms. The fourth-order valence-corrected chi connectivity index (χ4v) is 3.21. The van der Waals surface area contributed by atoms with Gasteiger partial charge in [-0.05, 0) is 26.0 Å². The molecule has 4 nitrogen and oxygen atoms in total. The van der Waals surface area contributed by atoms with Crippen LogP contribution in [0.4, 0.5) is 0 Å². The molecular weight excluding hydrogens is 240 g/mol. The number of rotatable bonds is 5. The first-order chi connectivity index (χ1) is 9.26. The molecule has 0 saturated heterocycles. The minimum Gasteiger partial charge on any atom is -0.496 e. The molecule has 0 unspecified atom stereocenters. The summed E-state index contributed by atoms with van der Waals surface area (Å²) in [7, 11) is 3.50. The van der Waals surface area contributed by atoms with Crippen LogP contribution in [0.15, 0.2) is 12.1 Å². The van der Waals surface area contributed by atoms with Crippen LogP contribution in [0.5, 0.6) is 11.5 Å². The van der Waals surface area contributed by atoms with E-state index < -0.39 is 0 Å². The van der Waals surface area contributed by atoms with E-state index in [9.17, 15) is 0 Å². The molecule has 1 aliphatic rings. The second-order valence-corrected chi connectivity index (χ2v) is 5.01. The monoisotopic (exact) mass is 266 g/mol. The highest BCUT2D eigenvalue weighted by Gasteiger charge is 2.34. The van der Waals surface area contributed by atoms with Gasteiger partial charge in [0.15, 0.2) is 6.04 Å². The average Bonchev–Trinajstić information content (AvgIpc) is 2.47. The van der Waals surface area contributed by atoms with Crippen molar-refractivity contribution in [2.24, 2.45) is 0 Å². The normalized spacial score (nSPS) is 18.3. The molecule has 0 radical (unpaired) electrons. The highest BCUT2D eigenvalue weighted by Crippen LogP contribution is 2.34. The average molecular weight is 266 g/mol. The number of quaternary nitrogens is 2. The van der Waals surface area contributed by atoms with Gasteiger partial charge in [0, 0.05) is 0 Å². The van der Waals surface area contributed by atoms with Gasteiger partial charge in [0.2, 0.25) is 0 Å². The lowest BCUT2D eigenvalue weighted by Gasteiger charge is -2.31. The Hall–Kier alpha value is -1.26. The van der Waals surface area contributed by atoms with E-state index in [1.807, 2.05) is 12.1 Å². The highest BCUT2D eigenvalue weighted by atomic mass is 16.5. The molecule has 1 heterocycles. The third kappa shape index (κ3) is 2.55. The van der Waals surface area contributed by atoms with Crippen LogP contribution in [0, 0.1) is 0 Å². The Bertz CT molecular complexity index is 430. The van der Waals surface area contributed by atoms with E-state index in [1.54, 1.807) is 19.1 Å². The van der Waals surface area contributed by atoms with Crippen molar-refractivity contribution in [3.8, 4) is 11.5 Å². The van der Waals surface area contributed by atoms with Crippen molar-refractivity contribution >= 4 is 0 Å². The summed E-state index contributed by atoms with van der Waals surface area (Å²) in [4.78, 5) is 1.60. The van der Waals surface area contributed by atoms with Crippen molar-refractivity contribution in [2.45, 2.75) is 26.4 Å². The van der Waals surface area contributed by atoms with Crippen molar-refractivity contribution in [3.05, 3.63) is 23.3 Å². The molecule has 0 bridgehead atoms. The highest BCUT2D eigenvalue weighted by molar-refractivity contribution is 5.50. The lowest BCUT2D eigenvalue weighted by molar-refractivity contribution is -0.945. The molecule has 0 aliphatic carbocycles. The molecule has 0 amide bonds. The molecule has 106 valence electrons. The molecule has 1 aromatic rings. The van der Waals surface area contributed by atoms with Gasteiger partial charge in [-0.2, -0.15) is 0 Å². The lowest BCUT2D eigenvalue weighted by Crippen LogP contribution is -3.14. The molecule has 1 aliphatic heterocycles. The number of hydrogen-bond donors (Lipinski definition) is 2. The van der Waals surface area contributed by atoms with Crippen molar-refractivity contribution < 1.29 is 19.7 Å². The molecular formula is C15H26N2O2+2. The van der Waals surface area contributed by atoms with Crippen molar-refractivity contribution in [1.29, 1.82) is 0 Å². The fraction of sp³-hybridized carbons (Fsp3) is 0.600. The van der Waals surface area contributed by atoms with Gasteiger partial charge in [-0.15, -0.1) is 0 Å². The molecule has 2 rings (SSSR count). The van der Waals surface area contributed by atoms with Crippen molar-refractivity contribution in [2.75, 3.05) is 33.9 Å². The Morgan fingerprint density at radius 2 is 1.79 bits per heavy atom. The Morgan fingerprint density at radius 3 is 2.37 bits per heavy atom. The summed E-state index contributed by atoms with van der Waals surface area (Å²) in [6, 6.07) is 4.55. The topological polar surface area (TPSA) is 39.5 Å². The predicted molar refractivity (Wildman–Crippen MR) is 74.8 cm³/mol. The molecule has 3 N–H and O–H groups in total. The van der Waals surface area contributed by atoms with E-state index in [4.69, 9.17) is 9.47 Å². The van der Waals surface area contributed by atoms with Crippen LogP contribution in [-0.2, 0) is 6.54 Å². The van der Waals surface area contributed by atoms with Crippen LogP contribution in [0.25, 0.3) is 0 Å². The van der Waals surface area contributed by atoms with E-state index in [1.165, 1.54) is 11.1 Å². The first-order valence-corrected chi connectivity index (χ1v) is 7.16. The number of ether oxygens (including phenoxy) is 2. The van der Waals surface area contributed by atoms with Gasteiger partial charge in [-0.3, -0.25) is 0 Å². The van der Waals surface area contributed by atoms with Gasteiger partial charge >= 0.3 is 0 Å². The molecule has 0 fully saturated rings. The number of methoxy groups -OCH3 is 2. The molecule has 0 saturated carbocycles. The quantitative estimate of drug-likeness (QED) is 0.771. The van der Waals surface area contributed by atoms with E-state index in [-0.39, 0.29) is 0 Å². The van der Waals surface area contributed by atoms with E-state index in [0.717, 1.165) is 37.7 Å². The minimum absolute atomic E-state index is 0.490. The largest absolute Gasteiger partial charge is 0.496 e. The number of hydrogen-bond acceptors (Lipinski definition) is 2. The Kier molecular flexibility index (Phi) is 4.66. The lowest BCUT2D eigenvalue weighted by atomic mass is 9.93. The second-order valence-electron chi connectivity index (χ2n) is 5.01. The molecule has 0 aromatic heterocycles. The number of benzene rings is 1. The van der Waals surface area contributed by atoms with Crippen molar-refractivity contribution in [1.82, 2.24) is 0 Å². The van der Waals surface area contributed by atoms with Crippen LogP contribution in [0.2, 0.25) is 0 Å². The zero-order chi connectivity index (χ0) is 13.8. The van der Waals surface area contributed by atoms with Gasteiger partial charge in [-0.1, -0.05) is 0 Å². The first-order valence-electron chi connectivity index (χ1n) is 7.16. The van der Waals surface area contributed by atoms with E-state index in [2.05, 4.69) is 19.2 Å². The summed E-state index contributed by atoms with van der Waals surface area (Å²) >= 11 is 0. The number of nitrogens with two attached hydrogens (primary N) is 1. The summed E-state index contributed by atoms with van der Waals surface area (Å²) in [5.41, 5.74) is 2.65. The van der Waals surface area contributed by atoms with Gasteiger partial charge in [0.1, 0.15) is 24.6 Å². The minimum atomic E-state index is 0.490. The fourth-order valence-electron chi connectivity index (χ4n) is 3.21. The third-order valence-electron chi connectivity index (χ3n) is 4.21. The number of likely N-dealkylation sites (N-methyl/N-ethyl adjacent to an activating group) is 1. The summed E-state index contributed by atoms with van der Waals surface area (Å²) in [6.45, 7) is 8.86. The molecule has 0 spiro atoms.